The van der Waals surface area contributed by atoms with E-state index in [1.807, 2.05) is 25.3 Å². The molecule has 2 N–H and O–H groups in total. The van der Waals surface area contributed by atoms with Gasteiger partial charge in [0.15, 0.2) is 0 Å². The number of para-hydroxylation sites is 1. The molecule has 0 aliphatic rings. The molecule has 0 radical (unpaired) electrons. The highest BCUT2D eigenvalue weighted by molar-refractivity contribution is 7.21. The van der Waals surface area contributed by atoms with Crippen molar-refractivity contribution in [2.24, 2.45) is 0 Å². The standard InChI is InChI=1S/C19H17N3OS/c1-2-23-15-8-9-16-17(11-15)24-19(20)22(16)12-14-6-3-5-13-7-4-10-21-18(13)14/h3-11,20H,2,12H2,1H3/p+1. The minimum absolute atomic E-state index is 0.661. The minimum Gasteiger partial charge on any atom is -0.494 e. The Morgan fingerprint density at radius 3 is 2.92 bits per heavy atom. The summed E-state index contributed by atoms with van der Waals surface area (Å²) in [6, 6.07) is 16.4. The van der Waals surface area contributed by atoms with Crippen LogP contribution in [0, 0.1) is 0 Å². The summed E-state index contributed by atoms with van der Waals surface area (Å²) in [5, 5.41) is 1.93. The Bertz CT molecular complexity index is 1020. The molecule has 0 bridgehead atoms. The van der Waals surface area contributed by atoms with Crippen LogP contribution in [0.3, 0.4) is 0 Å². The fraction of sp³-hybridized carbons (Fsp3) is 0.158. The van der Waals surface area contributed by atoms with Crippen LogP contribution in [0.15, 0.2) is 54.7 Å². The molecule has 0 amide bonds. The number of ether oxygens (including phenoxy) is 1. The Morgan fingerprint density at radius 1 is 1.17 bits per heavy atom. The second kappa shape index (κ2) is 6.09. The van der Waals surface area contributed by atoms with Gasteiger partial charge in [0.1, 0.15) is 17.8 Å². The Kier molecular flexibility index (Phi) is 3.78. The maximum absolute atomic E-state index is 6.29. The van der Waals surface area contributed by atoms with Crippen molar-refractivity contribution in [3.63, 3.8) is 0 Å². The van der Waals surface area contributed by atoms with Crippen LogP contribution in [0.1, 0.15) is 12.5 Å². The van der Waals surface area contributed by atoms with Crippen LogP contribution < -0.4 is 15.0 Å². The molecular weight excluding hydrogens is 318 g/mol. The average molecular weight is 336 g/mol. The molecular formula is C19H18N3OS+. The molecule has 24 heavy (non-hydrogen) atoms. The number of nitrogens with zero attached hydrogens (tertiary/aromatic N) is 2. The van der Waals surface area contributed by atoms with Gasteiger partial charge in [-0.3, -0.25) is 10.7 Å². The zero-order valence-electron chi connectivity index (χ0n) is 13.4. The van der Waals surface area contributed by atoms with Crippen molar-refractivity contribution in [1.82, 2.24) is 4.98 Å². The molecule has 0 unspecified atom stereocenters. The SMILES string of the molecule is CCOc1ccc2c(c1)sc(N)[n+]2Cc1cccc2cccnc12. The summed E-state index contributed by atoms with van der Waals surface area (Å²) < 4.78 is 8.85. The molecule has 0 saturated carbocycles. The highest BCUT2D eigenvalue weighted by Gasteiger charge is 2.17. The fourth-order valence-electron chi connectivity index (χ4n) is 2.97. The molecule has 0 fully saturated rings. The number of nitrogens with two attached hydrogens (primary N) is 1. The zero-order chi connectivity index (χ0) is 16.5. The van der Waals surface area contributed by atoms with Crippen LogP contribution >= 0.6 is 11.3 Å². The van der Waals surface area contributed by atoms with Gasteiger partial charge in [-0.1, -0.05) is 24.3 Å². The molecule has 0 saturated heterocycles. The van der Waals surface area contributed by atoms with E-state index in [1.54, 1.807) is 11.3 Å². The van der Waals surface area contributed by atoms with E-state index in [2.05, 4.69) is 45.9 Å². The van der Waals surface area contributed by atoms with Gasteiger partial charge in [-0.25, -0.2) is 4.57 Å². The Hall–Kier alpha value is -2.66. The number of hydrogen-bond donors (Lipinski definition) is 1. The Labute approximate surface area is 144 Å². The normalized spacial score (nSPS) is 11.2. The summed E-state index contributed by atoms with van der Waals surface area (Å²) in [6.45, 7) is 3.35. The van der Waals surface area contributed by atoms with E-state index < -0.39 is 0 Å². The molecule has 0 aliphatic heterocycles. The lowest BCUT2D eigenvalue weighted by atomic mass is 10.1. The maximum atomic E-state index is 6.29. The maximum Gasteiger partial charge on any atom is 0.333 e. The van der Waals surface area contributed by atoms with Gasteiger partial charge in [0, 0.05) is 23.2 Å². The summed E-state index contributed by atoms with van der Waals surface area (Å²) >= 11 is 1.58. The van der Waals surface area contributed by atoms with Crippen molar-refractivity contribution in [3.8, 4) is 5.75 Å². The Morgan fingerprint density at radius 2 is 2.04 bits per heavy atom. The van der Waals surface area contributed by atoms with Gasteiger partial charge in [0.2, 0.25) is 0 Å². The first-order valence-electron chi connectivity index (χ1n) is 7.93. The monoisotopic (exact) mass is 336 g/mol. The van der Waals surface area contributed by atoms with Gasteiger partial charge >= 0.3 is 5.13 Å². The number of benzene rings is 2. The average Bonchev–Trinajstić information content (AvgIpc) is 2.90. The molecule has 0 aliphatic carbocycles. The largest absolute Gasteiger partial charge is 0.494 e. The van der Waals surface area contributed by atoms with Crippen molar-refractivity contribution < 1.29 is 9.30 Å². The Balaban J connectivity index is 1.80. The van der Waals surface area contributed by atoms with E-state index >= 15 is 0 Å². The molecule has 2 aromatic carbocycles. The van der Waals surface area contributed by atoms with E-state index in [1.165, 1.54) is 5.56 Å². The predicted molar refractivity (Wildman–Crippen MR) is 98.4 cm³/mol. The summed E-state index contributed by atoms with van der Waals surface area (Å²) in [6.07, 6.45) is 1.83. The molecule has 2 heterocycles. The van der Waals surface area contributed by atoms with Gasteiger partial charge < -0.3 is 4.74 Å². The highest BCUT2D eigenvalue weighted by atomic mass is 32.1. The van der Waals surface area contributed by atoms with Gasteiger partial charge in [-0.05, 0) is 36.5 Å². The van der Waals surface area contributed by atoms with E-state index in [4.69, 9.17) is 10.5 Å². The first-order chi connectivity index (χ1) is 11.8. The number of rotatable bonds is 4. The van der Waals surface area contributed by atoms with E-state index in [0.29, 0.717) is 13.2 Å². The van der Waals surface area contributed by atoms with Gasteiger partial charge in [0.05, 0.1) is 16.8 Å². The lowest BCUT2D eigenvalue weighted by molar-refractivity contribution is -0.643. The molecule has 5 heteroatoms. The summed E-state index contributed by atoms with van der Waals surface area (Å²) in [5.41, 5.74) is 9.60. The number of anilines is 1. The first-order valence-corrected chi connectivity index (χ1v) is 8.75. The molecule has 0 spiro atoms. The van der Waals surface area contributed by atoms with Crippen LogP contribution in [0.4, 0.5) is 5.13 Å². The molecule has 0 atom stereocenters. The molecule has 4 rings (SSSR count). The lowest BCUT2D eigenvalue weighted by Crippen LogP contribution is -2.35. The molecule has 2 aromatic heterocycles. The second-order valence-corrected chi connectivity index (χ2v) is 6.64. The van der Waals surface area contributed by atoms with Gasteiger partial charge in [0.25, 0.3) is 0 Å². The summed E-state index contributed by atoms with van der Waals surface area (Å²) in [4.78, 5) is 4.54. The number of thiazole rings is 1. The third kappa shape index (κ3) is 2.57. The third-order valence-electron chi connectivity index (χ3n) is 4.06. The van der Waals surface area contributed by atoms with E-state index in [-0.39, 0.29) is 0 Å². The number of pyridine rings is 1. The van der Waals surface area contributed by atoms with Gasteiger partial charge in [-0.2, -0.15) is 0 Å². The van der Waals surface area contributed by atoms with Crippen molar-refractivity contribution >= 4 is 37.6 Å². The van der Waals surface area contributed by atoms with E-state index in [0.717, 1.165) is 32.0 Å². The van der Waals surface area contributed by atoms with Crippen molar-refractivity contribution in [1.29, 1.82) is 0 Å². The number of fused-ring (bicyclic) bond motifs is 2. The van der Waals surface area contributed by atoms with E-state index in [9.17, 15) is 0 Å². The predicted octanol–water partition coefficient (Wildman–Crippen LogP) is 3.77. The van der Waals surface area contributed by atoms with Gasteiger partial charge in [-0.15, -0.1) is 0 Å². The summed E-state index contributed by atoms with van der Waals surface area (Å²) in [5.74, 6) is 0.880. The van der Waals surface area contributed by atoms with Crippen LogP contribution in [0.5, 0.6) is 5.75 Å². The number of nitrogen functional groups attached to an aromatic ring is 1. The fourth-order valence-corrected chi connectivity index (χ4v) is 3.93. The molecule has 4 aromatic rings. The zero-order valence-corrected chi connectivity index (χ0v) is 14.2. The first kappa shape index (κ1) is 14.9. The minimum atomic E-state index is 0.661. The van der Waals surface area contributed by atoms with Crippen LogP contribution in [0.25, 0.3) is 21.1 Å². The van der Waals surface area contributed by atoms with Crippen LogP contribution in [0.2, 0.25) is 0 Å². The lowest BCUT2D eigenvalue weighted by Gasteiger charge is -2.05. The topological polar surface area (TPSA) is 52.0 Å². The van der Waals surface area contributed by atoms with Crippen LogP contribution in [-0.4, -0.2) is 11.6 Å². The molecule has 120 valence electrons. The second-order valence-electron chi connectivity index (χ2n) is 5.58. The molecule has 4 nitrogen and oxygen atoms in total. The van der Waals surface area contributed by atoms with Crippen molar-refractivity contribution in [2.45, 2.75) is 13.5 Å². The summed E-state index contributed by atoms with van der Waals surface area (Å²) in [7, 11) is 0. The van der Waals surface area contributed by atoms with Crippen molar-refractivity contribution in [3.05, 3.63) is 60.3 Å². The number of aromatic nitrogens is 2. The quantitative estimate of drug-likeness (QED) is 0.577. The smallest absolute Gasteiger partial charge is 0.333 e. The van der Waals surface area contributed by atoms with Crippen LogP contribution in [-0.2, 0) is 6.54 Å². The third-order valence-corrected chi connectivity index (χ3v) is 5.03. The highest BCUT2D eigenvalue weighted by Crippen LogP contribution is 2.27. The number of hydrogen-bond acceptors (Lipinski definition) is 4. The van der Waals surface area contributed by atoms with Crippen molar-refractivity contribution in [2.75, 3.05) is 12.3 Å².